The number of aliphatic hydroxyl groups is 3. The van der Waals surface area contributed by atoms with Crippen molar-refractivity contribution in [2.75, 3.05) is 0 Å². The first kappa shape index (κ1) is 16.0. The van der Waals surface area contributed by atoms with Gasteiger partial charge in [0.2, 0.25) is 11.6 Å². The molecule has 2 aromatic rings. The van der Waals surface area contributed by atoms with Crippen molar-refractivity contribution in [3.8, 4) is 0 Å². The van der Waals surface area contributed by atoms with Gasteiger partial charge in [0.1, 0.15) is 6.10 Å². The minimum atomic E-state index is -1.54. The Bertz CT molecular complexity index is 1070. The quantitative estimate of drug-likeness (QED) is 0.730. The van der Waals surface area contributed by atoms with Crippen molar-refractivity contribution >= 4 is 17.3 Å². The third-order valence-electron chi connectivity index (χ3n) is 4.61. The lowest BCUT2D eigenvalue weighted by Crippen LogP contribution is -2.29. The predicted octanol–water partition coefficient (Wildman–Crippen LogP) is 2.62. The van der Waals surface area contributed by atoms with Gasteiger partial charge in [-0.2, -0.15) is 0 Å². The van der Waals surface area contributed by atoms with E-state index in [4.69, 9.17) is 0 Å². The zero-order valence-corrected chi connectivity index (χ0v) is 13.3. The Balaban J connectivity index is 1.97. The molecule has 0 bridgehead atoms. The van der Waals surface area contributed by atoms with Crippen LogP contribution in [0, 0.1) is 0 Å². The van der Waals surface area contributed by atoms with E-state index in [0.717, 1.165) is 0 Å². The molecule has 4 rings (SSSR count). The second-order valence-corrected chi connectivity index (χ2v) is 6.01. The van der Waals surface area contributed by atoms with Crippen molar-refractivity contribution in [3.05, 3.63) is 93.4 Å². The van der Waals surface area contributed by atoms with Gasteiger partial charge < -0.3 is 15.3 Å². The topological polar surface area (TPSA) is 112 Å². The van der Waals surface area contributed by atoms with Crippen LogP contribution < -0.4 is 0 Å². The van der Waals surface area contributed by atoms with Crippen LogP contribution in [0.25, 0.3) is 0 Å². The predicted molar refractivity (Wildman–Crippen MR) is 90.1 cm³/mol. The van der Waals surface area contributed by atoms with Crippen molar-refractivity contribution in [2.45, 2.75) is 6.10 Å². The van der Waals surface area contributed by atoms with Gasteiger partial charge in [-0.3, -0.25) is 14.4 Å². The summed E-state index contributed by atoms with van der Waals surface area (Å²) >= 11 is 0. The third kappa shape index (κ3) is 1.99. The molecule has 26 heavy (non-hydrogen) atoms. The molecule has 0 saturated carbocycles. The molecule has 0 amide bonds. The van der Waals surface area contributed by atoms with E-state index in [1.165, 1.54) is 24.3 Å². The molecule has 3 N–H and O–H groups in total. The van der Waals surface area contributed by atoms with E-state index in [1.54, 1.807) is 24.3 Å². The highest BCUT2D eigenvalue weighted by Crippen LogP contribution is 2.41. The Morgan fingerprint density at radius 2 is 1.15 bits per heavy atom. The number of allylic oxidation sites excluding steroid dienone is 2. The highest BCUT2D eigenvalue weighted by atomic mass is 16.3. The number of carbonyl (C=O) groups is 3. The molecule has 1 unspecified atom stereocenters. The maximum absolute atomic E-state index is 12.8. The van der Waals surface area contributed by atoms with Crippen LogP contribution in [0.2, 0.25) is 0 Å². The summed E-state index contributed by atoms with van der Waals surface area (Å²) in [6.45, 7) is 0. The summed E-state index contributed by atoms with van der Waals surface area (Å²) in [5, 5.41) is 31.3. The molecule has 0 aromatic heterocycles. The number of aliphatic hydroxyl groups excluding tert-OH is 3. The molecule has 0 aliphatic heterocycles. The summed E-state index contributed by atoms with van der Waals surface area (Å²) in [5.41, 5.74) is -0.679. The van der Waals surface area contributed by atoms with Crippen LogP contribution in [0.15, 0.2) is 71.2 Å². The Morgan fingerprint density at radius 3 is 1.81 bits per heavy atom. The van der Waals surface area contributed by atoms with E-state index in [-0.39, 0.29) is 22.3 Å². The summed E-state index contributed by atoms with van der Waals surface area (Å²) in [7, 11) is 0. The summed E-state index contributed by atoms with van der Waals surface area (Å²) in [4.78, 5) is 37.7. The van der Waals surface area contributed by atoms with Crippen LogP contribution in [0.3, 0.4) is 0 Å². The van der Waals surface area contributed by atoms with Gasteiger partial charge in [0.05, 0.1) is 5.57 Å². The van der Waals surface area contributed by atoms with Gasteiger partial charge in [-0.25, -0.2) is 0 Å². The SMILES string of the molecule is O=C1C(O)=C(C2=C(O)C(=O)c3ccccc3C2O)C(=O)c2ccccc21. The van der Waals surface area contributed by atoms with Gasteiger partial charge in [0, 0.05) is 22.3 Å². The lowest BCUT2D eigenvalue weighted by atomic mass is 9.77. The van der Waals surface area contributed by atoms with Crippen LogP contribution in [-0.4, -0.2) is 32.7 Å². The lowest BCUT2D eigenvalue weighted by Gasteiger charge is -2.27. The zero-order valence-electron chi connectivity index (χ0n) is 13.3. The molecular weight excluding hydrogens is 336 g/mol. The van der Waals surface area contributed by atoms with Crippen LogP contribution in [0.4, 0.5) is 0 Å². The van der Waals surface area contributed by atoms with Crippen molar-refractivity contribution in [3.63, 3.8) is 0 Å². The van der Waals surface area contributed by atoms with Gasteiger partial charge in [-0.15, -0.1) is 0 Å². The van der Waals surface area contributed by atoms with Gasteiger partial charge in [-0.1, -0.05) is 48.5 Å². The molecule has 2 aliphatic carbocycles. The van der Waals surface area contributed by atoms with E-state index < -0.39 is 46.1 Å². The molecule has 0 spiro atoms. The number of hydrogen-bond acceptors (Lipinski definition) is 6. The van der Waals surface area contributed by atoms with Crippen LogP contribution in [-0.2, 0) is 0 Å². The second-order valence-electron chi connectivity index (χ2n) is 6.01. The fraction of sp³-hybridized carbons (Fsp3) is 0.0500. The second kappa shape index (κ2) is 5.50. The fourth-order valence-corrected chi connectivity index (χ4v) is 3.34. The van der Waals surface area contributed by atoms with Crippen molar-refractivity contribution in [2.24, 2.45) is 0 Å². The van der Waals surface area contributed by atoms with Crippen LogP contribution in [0.1, 0.15) is 42.7 Å². The van der Waals surface area contributed by atoms with Gasteiger partial charge >= 0.3 is 0 Å². The maximum Gasteiger partial charge on any atom is 0.228 e. The smallest absolute Gasteiger partial charge is 0.228 e. The molecule has 0 radical (unpaired) electrons. The summed E-state index contributed by atoms with van der Waals surface area (Å²) in [6, 6.07) is 12.0. The Morgan fingerprint density at radius 1 is 0.654 bits per heavy atom. The van der Waals surface area contributed by atoms with E-state index in [2.05, 4.69) is 0 Å². The van der Waals surface area contributed by atoms with Crippen molar-refractivity contribution in [1.82, 2.24) is 0 Å². The van der Waals surface area contributed by atoms with E-state index in [0.29, 0.717) is 0 Å². The lowest BCUT2D eigenvalue weighted by molar-refractivity contribution is 0.0910. The molecule has 2 aromatic carbocycles. The summed E-state index contributed by atoms with van der Waals surface area (Å²) in [6.07, 6.45) is -1.54. The summed E-state index contributed by atoms with van der Waals surface area (Å²) in [5.74, 6) is -4.11. The maximum atomic E-state index is 12.8. The Labute approximate surface area is 147 Å². The monoisotopic (exact) mass is 348 g/mol. The third-order valence-corrected chi connectivity index (χ3v) is 4.61. The van der Waals surface area contributed by atoms with E-state index in [1.807, 2.05) is 0 Å². The fourth-order valence-electron chi connectivity index (χ4n) is 3.34. The van der Waals surface area contributed by atoms with Gasteiger partial charge in [-0.05, 0) is 5.56 Å². The standard InChI is InChI=1S/C20H12O6/c21-15-9-5-1-3-7-11(9)17(23)19(25)13(15)14-16(22)10-6-2-4-8-12(10)18(24)20(14)26/h1-8,15,21,25-26H. The van der Waals surface area contributed by atoms with Crippen molar-refractivity contribution in [1.29, 1.82) is 0 Å². The zero-order chi connectivity index (χ0) is 18.6. The van der Waals surface area contributed by atoms with Crippen LogP contribution >= 0.6 is 0 Å². The molecule has 6 heteroatoms. The van der Waals surface area contributed by atoms with Gasteiger partial charge in [0.25, 0.3) is 0 Å². The number of carbonyl (C=O) groups excluding carboxylic acids is 3. The number of hydrogen-bond donors (Lipinski definition) is 3. The summed E-state index contributed by atoms with van der Waals surface area (Å²) < 4.78 is 0. The largest absolute Gasteiger partial charge is 0.504 e. The van der Waals surface area contributed by atoms with Crippen molar-refractivity contribution < 1.29 is 29.7 Å². The van der Waals surface area contributed by atoms with E-state index in [9.17, 15) is 29.7 Å². The molecule has 0 saturated heterocycles. The molecule has 2 aliphatic rings. The molecule has 128 valence electrons. The number of Topliss-reactive ketones (excluding diaryl/α,β-unsaturated/α-hetero) is 3. The molecule has 6 nitrogen and oxygen atoms in total. The molecule has 0 fully saturated rings. The molecular formula is C20H12O6. The van der Waals surface area contributed by atoms with Gasteiger partial charge in [0.15, 0.2) is 17.3 Å². The highest BCUT2D eigenvalue weighted by Gasteiger charge is 2.41. The minimum Gasteiger partial charge on any atom is -0.504 e. The molecule has 0 heterocycles. The Kier molecular flexibility index (Phi) is 3.38. The number of rotatable bonds is 1. The minimum absolute atomic E-state index is 0.0239. The normalized spacial score (nSPS) is 19.6. The number of ketones is 3. The number of fused-ring (bicyclic) bond motifs is 2. The Hall–Kier alpha value is -3.51. The average molecular weight is 348 g/mol. The first-order valence-electron chi connectivity index (χ1n) is 7.80. The van der Waals surface area contributed by atoms with E-state index >= 15 is 0 Å². The first-order valence-corrected chi connectivity index (χ1v) is 7.80. The average Bonchev–Trinajstić information content (AvgIpc) is 2.67. The number of benzene rings is 2. The first-order chi connectivity index (χ1) is 12.4. The highest BCUT2D eigenvalue weighted by molar-refractivity contribution is 6.28. The van der Waals surface area contributed by atoms with Crippen LogP contribution in [0.5, 0.6) is 0 Å². The molecule has 1 atom stereocenters.